The van der Waals surface area contributed by atoms with Crippen molar-refractivity contribution in [3.05, 3.63) is 72.8 Å². The Labute approximate surface area is 117 Å². The van der Waals surface area contributed by atoms with Crippen molar-refractivity contribution in [1.82, 2.24) is 0 Å². The van der Waals surface area contributed by atoms with Gasteiger partial charge in [-0.15, -0.1) is 6.58 Å². The van der Waals surface area contributed by atoms with E-state index in [0.717, 1.165) is 11.4 Å². The molecule has 1 atom stereocenters. The molecule has 2 aromatic carbocycles. The number of hydrogen-bond acceptors (Lipinski definition) is 2. The van der Waals surface area contributed by atoms with Crippen LogP contribution < -0.4 is 4.90 Å². The molecule has 1 aliphatic heterocycles. The smallest absolute Gasteiger partial charge is 0.268 e. The number of rotatable bonds is 3. The molecule has 3 heteroatoms. The molecular formula is C17H15NO2. The van der Waals surface area contributed by atoms with Crippen LogP contribution in [0.5, 0.6) is 0 Å². The molecule has 20 heavy (non-hydrogen) atoms. The Morgan fingerprint density at radius 1 is 1.10 bits per heavy atom. The van der Waals surface area contributed by atoms with Crippen LogP contribution in [0.2, 0.25) is 0 Å². The number of aliphatic hydroxyl groups is 1. The topological polar surface area (TPSA) is 40.5 Å². The Morgan fingerprint density at radius 2 is 1.75 bits per heavy atom. The Balaban J connectivity index is 2.19. The monoisotopic (exact) mass is 265 g/mol. The van der Waals surface area contributed by atoms with Crippen molar-refractivity contribution >= 4 is 17.3 Å². The maximum Gasteiger partial charge on any atom is 0.268 e. The highest BCUT2D eigenvalue weighted by molar-refractivity contribution is 6.11. The Morgan fingerprint density at radius 3 is 2.45 bits per heavy atom. The predicted molar refractivity (Wildman–Crippen MR) is 78.7 cm³/mol. The number of benzene rings is 2. The third kappa shape index (κ3) is 1.67. The molecule has 0 saturated heterocycles. The van der Waals surface area contributed by atoms with Gasteiger partial charge < -0.3 is 5.11 Å². The summed E-state index contributed by atoms with van der Waals surface area (Å²) < 4.78 is 0. The van der Waals surface area contributed by atoms with E-state index in [2.05, 4.69) is 6.58 Å². The fourth-order valence-corrected chi connectivity index (χ4v) is 2.67. The van der Waals surface area contributed by atoms with Gasteiger partial charge in [-0.25, -0.2) is 0 Å². The summed E-state index contributed by atoms with van der Waals surface area (Å²) in [5.41, 5.74) is 0.598. The van der Waals surface area contributed by atoms with Crippen LogP contribution in [0.25, 0.3) is 0 Å². The summed E-state index contributed by atoms with van der Waals surface area (Å²) in [6.45, 7) is 3.64. The van der Waals surface area contributed by atoms with Crippen LogP contribution in [0.4, 0.5) is 11.4 Å². The Bertz CT molecular complexity index is 666. The zero-order valence-corrected chi connectivity index (χ0v) is 11.0. The molecule has 0 radical (unpaired) electrons. The average molecular weight is 265 g/mol. The Kier molecular flexibility index (Phi) is 2.92. The molecule has 0 fully saturated rings. The van der Waals surface area contributed by atoms with Gasteiger partial charge in [0, 0.05) is 17.7 Å². The van der Waals surface area contributed by atoms with Crippen LogP contribution >= 0.6 is 0 Å². The first-order valence-corrected chi connectivity index (χ1v) is 6.51. The third-order valence-electron chi connectivity index (χ3n) is 3.60. The third-order valence-corrected chi connectivity index (χ3v) is 3.60. The van der Waals surface area contributed by atoms with E-state index in [9.17, 15) is 9.90 Å². The normalized spacial score (nSPS) is 20.9. The lowest BCUT2D eigenvalue weighted by molar-refractivity contribution is -0.135. The first kappa shape index (κ1) is 12.6. The molecule has 1 amide bonds. The number of carbonyl (C=O) groups is 1. The van der Waals surface area contributed by atoms with Crippen LogP contribution in [0.15, 0.2) is 67.3 Å². The van der Waals surface area contributed by atoms with E-state index in [4.69, 9.17) is 0 Å². The fraction of sp³-hybridized carbons (Fsp3) is 0.118. The minimum Gasteiger partial charge on any atom is -0.375 e. The van der Waals surface area contributed by atoms with E-state index in [-0.39, 0.29) is 12.3 Å². The van der Waals surface area contributed by atoms with Crippen molar-refractivity contribution in [3.8, 4) is 0 Å². The minimum absolute atomic E-state index is 0.201. The standard InChI is InChI=1S/C17H15NO2/c1-2-12-17(20)14-10-6-7-11-15(14)18(16(17)19)13-8-4-3-5-9-13/h2-11,20H,1,12H2/t17-/m0/s1. The lowest BCUT2D eigenvalue weighted by Crippen LogP contribution is -2.37. The zero-order chi connectivity index (χ0) is 14.2. The van der Waals surface area contributed by atoms with E-state index >= 15 is 0 Å². The van der Waals surface area contributed by atoms with Crippen LogP contribution in [0.3, 0.4) is 0 Å². The lowest BCUT2D eigenvalue weighted by Gasteiger charge is -2.22. The summed E-state index contributed by atoms with van der Waals surface area (Å²) in [4.78, 5) is 14.3. The van der Waals surface area contributed by atoms with Gasteiger partial charge in [-0.1, -0.05) is 42.5 Å². The number of amides is 1. The molecule has 0 saturated carbocycles. The van der Waals surface area contributed by atoms with E-state index in [1.54, 1.807) is 17.0 Å². The molecule has 3 rings (SSSR count). The maximum atomic E-state index is 12.7. The molecule has 0 unspecified atom stereocenters. The van der Waals surface area contributed by atoms with Gasteiger partial charge in [0.1, 0.15) is 0 Å². The number of para-hydroxylation sites is 2. The second-order valence-electron chi connectivity index (χ2n) is 4.85. The van der Waals surface area contributed by atoms with E-state index in [0.29, 0.717) is 5.56 Å². The second kappa shape index (κ2) is 4.62. The molecule has 1 N–H and O–H groups in total. The van der Waals surface area contributed by atoms with Gasteiger partial charge in [0.05, 0.1) is 5.69 Å². The van der Waals surface area contributed by atoms with Gasteiger partial charge in [0.15, 0.2) is 5.60 Å². The zero-order valence-electron chi connectivity index (χ0n) is 11.0. The van der Waals surface area contributed by atoms with Gasteiger partial charge in [0.25, 0.3) is 5.91 Å². The molecule has 0 aromatic heterocycles. The molecule has 100 valence electrons. The van der Waals surface area contributed by atoms with Crippen molar-refractivity contribution in [3.63, 3.8) is 0 Å². The first-order chi connectivity index (χ1) is 9.68. The van der Waals surface area contributed by atoms with Crippen LogP contribution in [0, 0.1) is 0 Å². The highest BCUT2D eigenvalue weighted by Crippen LogP contribution is 2.45. The van der Waals surface area contributed by atoms with Gasteiger partial charge in [-0.2, -0.15) is 0 Å². The maximum absolute atomic E-state index is 12.7. The quantitative estimate of drug-likeness (QED) is 0.866. The summed E-state index contributed by atoms with van der Waals surface area (Å²) in [7, 11) is 0. The van der Waals surface area contributed by atoms with Crippen molar-refractivity contribution in [1.29, 1.82) is 0 Å². The number of fused-ring (bicyclic) bond motifs is 1. The molecule has 1 aliphatic rings. The van der Waals surface area contributed by atoms with Crippen molar-refractivity contribution < 1.29 is 9.90 Å². The number of nitrogens with zero attached hydrogens (tertiary/aromatic N) is 1. The molecule has 0 bridgehead atoms. The summed E-state index contributed by atoms with van der Waals surface area (Å²) >= 11 is 0. The van der Waals surface area contributed by atoms with E-state index in [1.165, 1.54) is 0 Å². The number of hydrogen-bond donors (Lipinski definition) is 1. The first-order valence-electron chi connectivity index (χ1n) is 6.51. The average Bonchev–Trinajstić information content (AvgIpc) is 2.70. The van der Waals surface area contributed by atoms with Crippen LogP contribution in [0.1, 0.15) is 12.0 Å². The second-order valence-corrected chi connectivity index (χ2v) is 4.85. The molecule has 1 heterocycles. The summed E-state index contributed by atoms with van der Waals surface area (Å²) in [6, 6.07) is 16.7. The van der Waals surface area contributed by atoms with E-state index in [1.807, 2.05) is 48.5 Å². The predicted octanol–water partition coefficient (Wildman–Crippen LogP) is 3.13. The summed E-state index contributed by atoms with van der Waals surface area (Å²) in [5.74, 6) is -0.329. The van der Waals surface area contributed by atoms with Gasteiger partial charge in [0.2, 0.25) is 0 Å². The van der Waals surface area contributed by atoms with Gasteiger partial charge >= 0.3 is 0 Å². The molecule has 2 aromatic rings. The highest BCUT2D eigenvalue weighted by atomic mass is 16.3. The number of anilines is 2. The van der Waals surface area contributed by atoms with Gasteiger partial charge in [-0.05, 0) is 18.2 Å². The largest absolute Gasteiger partial charge is 0.375 e. The molecule has 3 nitrogen and oxygen atoms in total. The van der Waals surface area contributed by atoms with E-state index < -0.39 is 5.60 Å². The SMILES string of the molecule is C=CC[C@@]1(O)C(=O)N(c2ccccc2)c2ccccc21. The van der Waals surface area contributed by atoms with Gasteiger partial charge in [-0.3, -0.25) is 9.69 Å². The molecule has 0 aliphatic carbocycles. The molecule has 0 spiro atoms. The van der Waals surface area contributed by atoms with Crippen molar-refractivity contribution in [2.24, 2.45) is 0 Å². The fourth-order valence-electron chi connectivity index (χ4n) is 2.67. The molecular weight excluding hydrogens is 250 g/mol. The highest BCUT2D eigenvalue weighted by Gasteiger charge is 2.49. The van der Waals surface area contributed by atoms with Crippen molar-refractivity contribution in [2.75, 3.05) is 4.90 Å². The van der Waals surface area contributed by atoms with Crippen LogP contribution in [-0.4, -0.2) is 11.0 Å². The van der Waals surface area contributed by atoms with Crippen molar-refractivity contribution in [2.45, 2.75) is 12.0 Å². The minimum atomic E-state index is -1.52. The summed E-state index contributed by atoms with van der Waals surface area (Å²) in [6.07, 6.45) is 1.77. The lowest BCUT2D eigenvalue weighted by atomic mass is 9.92. The Hall–Kier alpha value is -2.39. The summed E-state index contributed by atoms with van der Waals surface area (Å²) in [5, 5.41) is 10.8. The number of carbonyl (C=O) groups excluding carboxylic acids is 1. The van der Waals surface area contributed by atoms with Crippen LogP contribution in [-0.2, 0) is 10.4 Å².